The van der Waals surface area contributed by atoms with E-state index in [0.717, 1.165) is 6.07 Å². The molecule has 0 radical (unpaired) electrons. The largest absolute Gasteiger partial charge is 0.452 e. The Kier molecular flexibility index (Phi) is 6.84. The molecular weight excluding hydrogens is 388 g/mol. The third kappa shape index (κ3) is 5.14. The Labute approximate surface area is 165 Å². The van der Waals surface area contributed by atoms with Gasteiger partial charge in [0.1, 0.15) is 5.02 Å². The van der Waals surface area contributed by atoms with Gasteiger partial charge in [-0.15, -0.1) is 0 Å². The van der Waals surface area contributed by atoms with Gasteiger partial charge in [-0.3, -0.25) is 19.7 Å². The Morgan fingerprint density at radius 1 is 1.14 bits per heavy atom. The van der Waals surface area contributed by atoms with E-state index in [1.807, 2.05) is 0 Å². The zero-order valence-electron chi connectivity index (χ0n) is 15.1. The lowest BCUT2D eigenvalue weighted by atomic mass is 9.98. The Hall–Kier alpha value is -3.26. The van der Waals surface area contributed by atoms with Crippen LogP contribution in [-0.2, 0) is 9.53 Å². The van der Waals surface area contributed by atoms with E-state index >= 15 is 0 Å². The molecule has 0 fully saturated rings. The first-order chi connectivity index (χ1) is 13.2. The number of nitrogens with zero attached hydrogens (tertiary/aromatic N) is 1. The summed E-state index contributed by atoms with van der Waals surface area (Å²) >= 11 is 5.77. The second kappa shape index (κ2) is 9.09. The molecule has 0 atom stereocenters. The summed E-state index contributed by atoms with van der Waals surface area (Å²) in [5, 5.41) is 13.5. The van der Waals surface area contributed by atoms with Gasteiger partial charge in [0.2, 0.25) is 0 Å². The first-order valence-corrected chi connectivity index (χ1v) is 8.62. The maximum atomic E-state index is 12.8. The summed E-state index contributed by atoms with van der Waals surface area (Å²) in [6.07, 6.45) is 0. The van der Waals surface area contributed by atoms with Crippen LogP contribution in [0.4, 0.5) is 5.69 Å². The SMILES string of the molecule is CC(C)NC(=O)COC(=O)c1ccccc1C(=O)c1ccc(Cl)c([N+](=O)[O-])c1. The highest BCUT2D eigenvalue weighted by atomic mass is 35.5. The molecule has 0 bridgehead atoms. The zero-order chi connectivity index (χ0) is 20.8. The molecule has 2 aromatic carbocycles. The standard InChI is InChI=1S/C19H17ClN2O6/c1-11(2)21-17(23)10-28-19(25)14-6-4-3-5-13(14)18(24)12-7-8-15(20)16(9-12)22(26)27/h3-9,11H,10H2,1-2H3,(H,21,23). The number of hydrogen-bond donors (Lipinski definition) is 1. The van der Waals surface area contributed by atoms with Gasteiger partial charge in [0.15, 0.2) is 12.4 Å². The fourth-order valence-corrected chi connectivity index (χ4v) is 2.57. The number of halogens is 1. The second-order valence-electron chi connectivity index (χ2n) is 6.10. The van der Waals surface area contributed by atoms with Crippen molar-refractivity contribution in [2.45, 2.75) is 19.9 Å². The minimum absolute atomic E-state index is 0.00565. The second-order valence-corrected chi connectivity index (χ2v) is 6.50. The molecule has 2 aromatic rings. The van der Waals surface area contributed by atoms with E-state index in [0.29, 0.717) is 0 Å². The number of ether oxygens (including phenoxy) is 1. The molecule has 0 aliphatic heterocycles. The highest BCUT2D eigenvalue weighted by Crippen LogP contribution is 2.27. The van der Waals surface area contributed by atoms with E-state index in [1.54, 1.807) is 19.9 Å². The topological polar surface area (TPSA) is 116 Å². The number of carbonyl (C=O) groups excluding carboxylic acids is 3. The van der Waals surface area contributed by atoms with Gasteiger partial charge < -0.3 is 10.1 Å². The summed E-state index contributed by atoms with van der Waals surface area (Å²) in [6.45, 7) is 3.03. The van der Waals surface area contributed by atoms with Crippen LogP contribution in [-0.4, -0.2) is 35.2 Å². The van der Waals surface area contributed by atoms with Crippen LogP contribution in [0.5, 0.6) is 0 Å². The number of carbonyl (C=O) groups is 3. The fraction of sp³-hybridized carbons (Fsp3) is 0.211. The normalized spacial score (nSPS) is 10.4. The van der Waals surface area contributed by atoms with Crippen molar-refractivity contribution in [3.05, 3.63) is 74.3 Å². The third-order valence-electron chi connectivity index (χ3n) is 3.58. The fourth-order valence-electron chi connectivity index (χ4n) is 2.38. The van der Waals surface area contributed by atoms with E-state index in [4.69, 9.17) is 16.3 Å². The van der Waals surface area contributed by atoms with Crippen molar-refractivity contribution in [3.63, 3.8) is 0 Å². The van der Waals surface area contributed by atoms with Crippen LogP contribution in [0.25, 0.3) is 0 Å². The lowest BCUT2D eigenvalue weighted by molar-refractivity contribution is -0.384. The smallest absolute Gasteiger partial charge is 0.339 e. The predicted molar refractivity (Wildman–Crippen MR) is 102 cm³/mol. The summed E-state index contributed by atoms with van der Waals surface area (Å²) in [5.74, 6) is -1.94. The van der Waals surface area contributed by atoms with Crippen molar-refractivity contribution in [2.75, 3.05) is 6.61 Å². The Balaban J connectivity index is 2.27. The molecule has 0 aromatic heterocycles. The maximum Gasteiger partial charge on any atom is 0.339 e. The van der Waals surface area contributed by atoms with Gasteiger partial charge in [-0.2, -0.15) is 0 Å². The van der Waals surface area contributed by atoms with Crippen molar-refractivity contribution in [1.82, 2.24) is 5.32 Å². The number of benzene rings is 2. The van der Waals surface area contributed by atoms with Gasteiger partial charge in [-0.1, -0.05) is 29.8 Å². The van der Waals surface area contributed by atoms with Crippen molar-refractivity contribution in [3.8, 4) is 0 Å². The molecule has 0 saturated carbocycles. The van der Waals surface area contributed by atoms with Gasteiger partial charge in [0.25, 0.3) is 11.6 Å². The highest BCUT2D eigenvalue weighted by molar-refractivity contribution is 6.33. The number of amides is 1. The molecule has 0 unspecified atom stereocenters. The summed E-state index contributed by atoms with van der Waals surface area (Å²) in [4.78, 5) is 47.1. The predicted octanol–water partition coefficient (Wildman–Crippen LogP) is 3.16. The molecule has 0 aliphatic rings. The molecule has 0 spiro atoms. The Morgan fingerprint density at radius 2 is 1.79 bits per heavy atom. The number of nitrogens with one attached hydrogen (secondary N) is 1. The van der Waals surface area contributed by atoms with Gasteiger partial charge in [0, 0.05) is 23.2 Å². The summed E-state index contributed by atoms with van der Waals surface area (Å²) in [7, 11) is 0. The molecule has 0 saturated heterocycles. The maximum absolute atomic E-state index is 12.8. The average molecular weight is 405 g/mol. The molecule has 0 aliphatic carbocycles. The lowest BCUT2D eigenvalue weighted by Gasteiger charge is -2.11. The molecule has 9 heteroatoms. The van der Waals surface area contributed by atoms with Gasteiger partial charge in [0.05, 0.1) is 10.5 Å². The molecule has 8 nitrogen and oxygen atoms in total. The lowest BCUT2D eigenvalue weighted by Crippen LogP contribution is -2.34. The molecule has 146 valence electrons. The van der Waals surface area contributed by atoms with E-state index in [2.05, 4.69) is 5.32 Å². The quantitative estimate of drug-likeness (QED) is 0.328. The van der Waals surface area contributed by atoms with Gasteiger partial charge in [-0.05, 0) is 32.0 Å². The van der Waals surface area contributed by atoms with Crippen LogP contribution in [0.3, 0.4) is 0 Å². The highest BCUT2D eigenvalue weighted by Gasteiger charge is 2.22. The van der Waals surface area contributed by atoms with Crippen molar-refractivity contribution < 1.29 is 24.0 Å². The zero-order valence-corrected chi connectivity index (χ0v) is 15.9. The van der Waals surface area contributed by atoms with Crippen LogP contribution in [0, 0.1) is 10.1 Å². The Bertz CT molecular complexity index is 942. The van der Waals surface area contributed by atoms with Crippen LogP contribution in [0.1, 0.15) is 40.1 Å². The van der Waals surface area contributed by atoms with E-state index in [1.165, 1.54) is 30.3 Å². The van der Waals surface area contributed by atoms with E-state index in [-0.39, 0.29) is 27.8 Å². The van der Waals surface area contributed by atoms with Crippen LogP contribution >= 0.6 is 11.6 Å². The molecule has 1 amide bonds. The average Bonchev–Trinajstić information content (AvgIpc) is 2.65. The molecule has 2 rings (SSSR count). The number of nitro groups is 1. The van der Waals surface area contributed by atoms with Crippen molar-refractivity contribution in [1.29, 1.82) is 0 Å². The number of hydrogen-bond acceptors (Lipinski definition) is 6. The van der Waals surface area contributed by atoms with Crippen LogP contribution < -0.4 is 5.32 Å². The molecule has 28 heavy (non-hydrogen) atoms. The minimum atomic E-state index is -0.855. The Morgan fingerprint density at radius 3 is 2.39 bits per heavy atom. The molecular formula is C19H17ClN2O6. The van der Waals surface area contributed by atoms with Crippen molar-refractivity contribution in [2.24, 2.45) is 0 Å². The van der Waals surface area contributed by atoms with Crippen LogP contribution in [0.2, 0.25) is 5.02 Å². The first kappa shape index (κ1) is 21.0. The minimum Gasteiger partial charge on any atom is -0.452 e. The first-order valence-electron chi connectivity index (χ1n) is 8.25. The summed E-state index contributed by atoms with van der Waals surface area (Å²) in [5.41, 5.74) is -0.484. The number of esters is 1. The summed E-state index contributed by atoms with van der Waals surface area (Å²) in [6, 6.07) is 9.35. The van der Waals surface area contributed by atoms with Crippen LogP contribution in [0.15, 0.2) is 42.5 Å². The third-order valence-corrected chi connectivity index (χ3v) is 3.90. The number of nitro benzene ring substituents is 1. The van der Waals surface area contributed by atoms with E-state index in [9.17, 15) is 24.5 Å². The number of rotatable bonds is 7. The summed E-state index contributed by atoms with van der Waals surface area (Å²) < 4.78 is 4.97. The molecule has 0 heterocycles. The van der Waals surface area contributed by atoms with Crippen molar-refractivity contribution >= 4 is 34.9 Å². The van der Waals surface area contributed by atoms with Gasteiger partial charge in [-0.25, -0.2) is 4.79 Å². The van der Waals surface area contributed by atoms with Gasteiger partial charge >= 0.3 is 5.97 Å². The molecule has 1 N–H and O–H groups in total. The van der Waals surface area contributed by atoms with E-state index < -0.39 is 34.9 Å². The monoisotopic (exact) mass is 404 g/mol. The number of ketones is 1.